The molecule has 38 heavy (non-hydrogen) atoms. The molecular formula is C27H27ClN2O7S. The van der Waals surface area contributed by atoms with E-state index in [1.165, 1.54) is 53.0 Å². The van der Waals surface area contributed by atoms with Gasteiger partial charge in [0.2, 0.25) is 5.88 Å². The Morgan fingerprint density at radius 3 is 2.21 bits per heavy atom. The minimum Gasteiger partial charge on any atom is -0.496 e. The molecule has 0 unspecified atom stereocenters. The van der Waals surface area contributed by atoms with Gasteiger partial charge < -0.3 is 24.3 Å². The molecule has 0 aliphatic rings. The van der Waals surface area contributed by atoms with E-state index in [1.54, 1.807) is 42.5 Å². The number of hydrogen-bond acceptors (Lipinski definition) is 9. The number of ether oxygens (including phenoxy) is 4. The second-order valence-electron chi connectivity index (χ2n) is 7.80. The maximum atomic E-state index is 12.9. The molecule has 0 atom stereocenters. The summed E-state index contributed by atoms with van der Waals surface area (Å²) in [4.78, 5) is 16.5. The molecular weight excluding hydrogens is 532 g/mol. The molecule has 0 spiro atoms. The second kappa shape index (κ2) is 13.0. The molecule has 0 radical (unpaired) electrons. The van der Waals surface area contributed by atoms with Gasteiger partial charge in [0.1, 0.15) is 22.9 Å². The summed E-state index contributed by atoms with van der Waals surface area (Å²) in [5.41, 5.74) is 1.71. The minimum atomic E-state index is -3.72. The molecule has 11 heteroatoms. The van der Waals surface area contributed by atoms with E-state index in [1.807, 2.05) is 0 Å². The van der Waals surface area contributed by atoms with Crippen LogP contribution in [0.2, 0.25) is 5.02 Å². The first-order valence-corrected chi connectivity index (χ1v) is 13.3. The zero-order valence-electron chi connectivity index (χ0n) is 21.2. The number of anilines is 1. The number of nitrogens with one attached hydrogen (secondary N) is 1. The highest BCUT2D eigenvalue weighted by atomic mass is 35.5. The van der Waals surface area contributed by atoms with Crippen LogP contribution in [0.1, 0.15) is 21.5 Å². The van der Waals surface area contributed by atoms with Gasteiger partial charge in [-0.15, -0.1) is 0 Å². The van der Waals surface area contributed by atoms with Crippen LogP contribution in [0.4, 0.5) is 5.69 Å². The van der Waals surface area contributed by atoms with E-state index >= 15 is 0 Å². The Bertz CT molecular complexity index is 1430. The molecule has 200 valence electrons. The molecule has 0 aliphatic heterocycles. The summed E-state index contributed by atoms with van der Waals surface area (Å²) in [5.74, 6) is 0.957. The van der Waals surface area contributed by atoms with E-state index in [2.05, 4.69) is 10.3 Å². The Balaban J connectivity index is 1.78. The van der Waals surface area contributed by atoms with Gasteiger partial charge in [-0.25, -0.2) is 13.4 Å². The second-order valence-corrected chi connectivity index (χ2v) is 10.1. The van der Waals surface area contributed by atoms with Crippen molar-refractivity contribution in [3.05, 3.63) is 88.1 Å². The fraction of sp³-hybridized carbons (Fsp3) is 0.185. The van der Waals surface area contributed by atoms with Gasteiger partial charge >= 0.3 is 0 Å². The Labute approximate surface area is 226 Å². The van der Waals surface area contributed by atoms with Crippen molar-refractivity contribution in [2.45, 2.75) is 5.75 Å². The molecule has 0 saturated heterocycles. The molecule has 1 N–H and O–H groups in total. The molecule has 1 aromatic heterocycles. The lowest BCUT2D eigenvalue weighted by atomic mass is 10.1. The lowest BCUT2D eigenvalue weighted by Gasteiger charge is -2.12. The van der Waals surface area contributed by atoms with Crippen molar-refractivity contribution in [1.82, 2.24) is 4.98 Å². The van der Waals surface area contributed by atoms with E-state index in [-0.39, 0.29) is 17.4 Å². The summed E-state index contributed by atoms with van der Waals surface area (Å²) in [6.07, 6.45) is 5.58. The van der Waals surface area contributed by atoms with Crippen LogP contribution in [0.3, 0.4) is 0 Å². The van der Waals surface area contributed by atoms with Gasteiger partial charge in [-0.1, -0.05) is 11.6 Å². The Hall–Kier alpha value is -4.02. The maximum absolute atomic E-state index is 12.9. The number of rotatable bonds is 12. The van der Waals surface area contributed by atoms with E-state index in [4.69, 9.17) is 30.5 Å². The summed E-state index contributed by atoms with van der Waals surface area (Å²) < 4.78 is 47.0. The van der Waals surface area contributed by atoms with Crippen LogP contribution in [-0.2, 0) is 15.6 Å². The number of carbonyl (C=O) groups is 1. The van der Waals surface area contributed by atoms with E-state index in [0.717, 1.165) is 5.41 Å². The third kappa shape index (κ3) is 7.50. The molecule has 0 bridgehead atoms. The molecule has 0 aliphatic carbocycles. The van der Waals surface area contributed by atoms with E-state index < -0.39 is 9.84 Å². The van der Waals surface area contributed by atoms with E-state index in [9.17, 15) is 13.2 Å². The van der Waals surface area contributed by atoms with Crippen molar-refractivity contribution >= 4 is 39.0 Å². The first kappa shape index (κ1) is 28.5. The average molecular weight is 559 g/mol. The van der Waals surface area contributed by atoms with Crippen LogP contribution >= 0.6 is 11.6 Å². The fourth-order valence-electron chi connectivity index (χ4n) is 3.41. The zero-order chi connectivity index (χ0) is 27.7. The fourth-order valence-corrected chi connectivity index (χ4v) is 4.60. The van der Waals surface area contributed by atoms with Crippen LogP contribution in [0.15, 0.2) is 66.3 Å². The summed E-state index contributed by atoms with van der Waals surface area (Å²) in [6, 6.07) is 11.3. The van der Waals surface area contributed by atoms with Crippen molar-refractivity contribution in [1.29, 1.82) is 0 Å². The number of nitrogens with zero attached hydrogens (tertiary/aromatic N) is 1. The van der Waals surface area contributed by atoms with Crippen molar-refractivity contribution in [3.63, 3.8) is 0 Å². The summed E-state index contributed by atoms with van der Waals surface area (Å²) in [7, 11) is 2.15. The van der Waals surface area contributed by atoms with E-state index in [0.29, 0.717) is 44.6 Å². The molecule has 0 saturated carbocycles. The molecule has 0 fully saturated rings. The normalized spacial score (nSPS) is 11.5. The van der Waals surface area contributed by atoms with Gasteiger partial charge in [0, 0.05) is 46.6 Å². The Morgan fingerprint density at radius 1 is 0.974 bits per heavy atom. The number of pyridine rings is 1. The number of sulfone groups is 1. The zero-order valence-corrected chi connectivity index (χ0v) is 22.8. The number of hydrogen-bond donors (Lipinski definition) is 1. The van der Waals surface area contributed by atoms with Gasteiger partial charge in [0.15, 0.2) is 15.6 Å². The maximum Gasteiger partial charge on any atom is 0.237 e. The van der Waals surface area contributed by atoms with Crippen molar-refractivity contribution in [3.8, 4) is 23.1 Å². The predicted molar refractivity (Wildman–Crippen MR) is 147 cm³/mol. The third-order valence-corrected chi connectivity index (χ3v) is 6.80. The number of aromatic nitrogens is 1. The summed E-state index contributed by atoms with van der Waals surface area (Å²) in [5, 5.41) is 4.54. The highest BCUT2D eigenvalue weighted by molar-refractivity contribution is 7.93. The smallest absolute Gasteiger partial charge is 0.237 e. The number of methoxy groups -OCH3 is 4. The highest BCUT2D eigenvalue weighted by Crippen LogP contribution is 2.35. The molecule has 2 aromatic carbocycles. The van der Waals surface area contributed by atoms with Crippen LogP contribution in [0.25, 0.3) is 6.08 Å². The summed E-state index contributed by atoms with van der Waals surface area (Å²) in [6.45, 7) is 0. The van der Waals surface area contributed by atoms with Crippen LogP contribution in [0, 0.1) is 0 Å². The lowest BCUT2D eigenvalue weighted by molar-refractivity contribution is 0.104. The predicted octanol–water partition coefficient (Wildman–Crippen LogP) is 5.16. The van der Waals surface area contributed by atoms with Gasteiger partial charge in [0.05, 0.1) is 39.8 Å². The number of benzene rings is 2. The molecule has 0 amide bonds. The van der Waals surface area contributed by atoms with Crippen LogP contribution < -0.4 is 24.3 Å². The van der Waals surface area contributed by atoms with Crippen molar-refractivity contribution in [2.75, 3.05) is 33.8 Å². The first-order valence-electron chi connectivity index (χ1n) is 11.2. The van der Waals surface area contributed by atoms with Gasteiger partial charge in [-0.3, -0.25) is 4.79 Å². The molecule has 3 aromatic rings. The topological polar surface area (TPSA) is 113 Å². The Kier molecular flexibility index (Phi) is 9.75. The number of ketones is 1. The summed E-state index contributed by atoms with van der Waals surface area (Å²) >= 11 is 5.86. The highest BCUT2D eigenvalue weighted by Gasteiger charge is 2.15. The quantitative estimate of drug-likeness (QED) is 0.238. The van der Waals surface area contributed by atoms with Crippen molar-refractivity contribution in [2.24, 2.45) is 0 Å². The van der Waals surface area contributed by atoms with Crippen LogP contribution in [-0.4, -0.2) is 47.6 Å². The number of halogens is 1. The number of carbonyl (C=O) groups excluding carboxylic acids is 1. The monoisotopic (exact) mass is 558 g/mol. The third-order valence-electron chi connectivity index (χ3n) is 5.27. The van der Waals surface area contributed by atoms with Gasteiger partial charge in [0.25, 0.3) is 0 Å². The van der Waals surface area contributed by atoms with Gasteiger partial charge in [-0.2, -0.15) is 0 Å². The van der Waals surface area contributed by atoms with Crippen LogP contribution in [0.5, 0.6) is 23.1 Å². The number of allylic oxidation sites excluding steroid dienone is 1. The van der Waals surface area contributed by atoms with Gasteiger partial charge in [-0.05, 0) is 42.0 Å². The molecule has 1 heterocycles. The Morgan fingerprint density at radius 2 is 1.63 bits per heavy atom. The average Bonchev–Trinajstić information content (AvgIpc) is 2.91. The standard InChI is InChI=1S/C27H27ClN2O7S/c1-34-21-14-25(35-2)22(26(15-21)36-3)10-12-38(32,33)17-18-13-23(27(37-4)30-16-18)29-11-9-24(31)19-5-7-20(28)8-6-19/h5-16,29H,17H2,1-4H3. The molecule has 3 rings (SSSR count). The lowest BCUT2D eigenvalue weighted by Crippen LogP contribution is -2.04. The van der Waals surface area contributed by atoms with Crippen molar-refractivity contribution < 1.29 is 32.2 Å². The molecule has 9 nitrogen and oxygen atoms in total. The first-order chi connectivity index (χ1) is 18.2. The largest absolute Gasteiger partial charge is 0.496 e. The minimum absolute atomic E-state index is 0.234. The SMILES string of the molecule is COc1cc(OC)c(C=CS(=O)(=O)Cc2cnc(OC)c(NC=CC(=O)c3ccc(Cl)cc3)c2)c(OC)c1.